The Hall–Kier alpha value is -2.12. The minimum absolute atomic E-state index is 0.258. The molecule has 1 saturated heterocycles. The van der Waals surface area contributed by atoms with Gasteiger partial charge in [0, 0.05) is 12.6 Å². The molecule has 1 aliphatic heterocycles. The fraction of sp³-hybridized carbons (Fsp3) is 0.458. The first-order chi connectivity index (χ1) is 15.3. The van der Waals surface area contributed by atoms with Crippen molar-refractivity contribution in [2.45, 2.75) is 56.3 Å². The maximum atomic E-state index is 13.2. The molecule has 3 heterocycles. The third-order valence-corrected chi connectivity index (χ3v) is 8.35. The summed E-state index contributed by atoms with van der Waals surface area (Å²) < 4.78 is 2.15. The maximum Gasteiger partial charge on any atom is 0.233 e. The number of hydrogen-bond donors (Lipinski definition) is 0. The Labute approximate surface area is 191 Å². The summed E-state index contributed by atoms with van der Waals surface area (Å²) in [4.78, 5) is 16.5. The zero-order chi connectivity index (χ0) is 21.0. The lowest BCUT2D eigenvalue weighted by atomic mass is 9.78. The minimum Gasteiger partial charge on any atom is -0.339 e. The van der Waals surface area contributed by atoms with Crippen molar-refractivity contribution in [2.24, 2.45) is 5.92 Å². The first-order valence-corrected chi connectivity index (χ1v) is 13.1. The third kappa shape index (κ3) is 4.58. The Balaban J connectivity index is 1.33. The molecule has 5 nitrogen and oxygen atoms in total. The van der Waals surface area contributed by atoms with Crippen molar-refractivity contribution in [1.29, 1.82) is 0 Å². The van der Waals surface area contributed by atoms with Crippen LogP contribution >= 0.6 is 23.1 Å². The van der Waals surface area contributed by atoms with Crippen LogP contribution in [0.4, 0.5) is 0 Å². The number of thiophene rings is 1. The van der Waals surface area contributed by atoms with E-state index < -0.39 is 0 Å². The van der Waals surface area contributed by atoms with Crippen molar-refractivity contribution in [3.8, 4) is 10.7 Å². The topological polar surface area (TPSA) is 51.0 Å². The Bertz CT molecular complexity index is 1000. The van der Waals surface area contributed by atoms with Gasteiger partial charge in [-0.1, -0.05) is 61.0 Å². The first kappa shape index (κ1) is 20.8. The van der Waals surface area contributed by atoms with Crippen LogP contribution in [0.5, 0.6) is 0 Å². The van der Waals surface area contributed by atoms with Gasteiger partial charge in [0.05, 0.1) is 17.2 Å². The molecule has 0 radical (unpaired) electrons. The fourth-order valence-corrected chi connectivity index (χ4v) is 6.58. The molecule has 0 bridgehead atoms. The average Bonchev–Trinajstić information content (AvgIpc) is 3.48. The molecule has 31 heavy (non-hydrogen) atoms. The van der Waals surface area contributed by atoms with E-state index in [0.717, 1.165) is 28.8 Å². The highest BCUT2D eigenvalue weighted by atomic mass is 32.2. The standard InChI is InChI=1S/C24H28N4OS2/c29-22(27-14-6-11-19-10-4-5-12-20(19)27)17-31-24-26-25-23(21-13-7-15-30-21)28(24)16-18-8-2-1-3-9-18/h1-3,7-9,13,15,19-20H,4-6,10-12,14,16-17H2. The van der Waals surface area contributed by atoms with Crippen molar-refractivity contribution in [3.05, 3.63) is 53.4 Å². The Morgan fingerprint density at radius 3 is 2.71 bits per heavy atom. The predicted octanol–water partition coefficient (Wildman–Crippen LogP) is 5.33. The van der Waals surface area contributed by atoms with Crippen molar-refractivity contribution in [3.63, 3.8) is 0 Å². The number of carbonyl (C=O) groups excluding carboxylic acids is 1. The van der Waals surface area contributed by atoms with E-state index >= 15 is 0 Å². The monoisotopic (exact) mass is 452 g/mol. The lowest BCUT2D eigenvalue weighted by molar-refractivity contribution is -0.134. The maximum absolute atomic E-state index is 13.2. The number of piperidine rings is 1. The molecule has 1 aromatic carbocycles. The smallest absolute Gasteiger partial charge is 0.233 e. The zero-order valence-electron chi connectivity index (χ0n) is 17.7. The Kier molecular flexibility index (Phi) is 6.41. The van der Waals surface area contributed by atoms with E-state index in [1.165, 1.54) is 49.4 Å². The van der Waals surface area contributed by atoms with E-state index in [1.807, 2.05) is 12.1 Å². The number of fused-ring (bicyclic) bond motifs is 1. The molecule has 1 aliphatic carbocycles. The van der Waals surface area contributed by atoms with Crippen LogP contribution < -0.4 is 0 Å². The molecule has 2 aliphatic rings. The zero-order valence-corrected chi connectivity index (χ0v) is 19.3. The summed E-state index contributed by atoms with van der Waals surface area (Å²) in [6.45, 7) is 1.61. The molecule has 2 atom stereocenters. The fourth-order valence-electron chi connectivity index (χ4n) is 5.04. The molecule has 1 amide bonds. The van der Waals surface area contributed by atoms with E-state index in [-0.39, 0.29) is 5.91 Å². The highest BCUT2D eigenvalue weighted by Crippen LogP contribution is 2.36. The van der Waals surface area contributed by atoms with Gasteiger partial charge in [0.25, 0.3) is 0 Å². The average molecular weight is 453 g/mol. The second kappa shape index (κ2) is 9.57. The highest BCUT2D eigenvalue weighted by Gasteiger charge is 2.35. The number of carbonyl (C=O) groups is 1. The molecule has 1 saturated carbocycles. The molecular formula is C24H28N4OS2. The summed E-state index contributed by atoms with van der Waals surface area (Å²) in [5, 5.41) is 11.8. The number of aromatic nitrogens is 3. The van der Waals surface area contributed by atoms with Crippen molar-refractivity contribution in [2.75, 3.05) is 12.3 Å². The molecule has 2 fully saturated rings. The largest absolute Gasteiger partial charge is 0.339 e. The molecule has 2 aromatic heterocycles. The van der Waals surface area contributed by atoms with E-state index in [2.05, 4.69) is 55.4 Å². The Morgan fingerprint density at radius 1 is 1.03 bits per heavy atom. The molecule has 0 N–H and O–H groups in total. The van der Waals surface area contributed by atoms with Gasteiger partial charge < -0.3 is 4.90 Å². The molecule has 7 heteroatoms. The van der Waals surface area contributed by atoms with Gasteiger partial charge in [-0.05, 0) is 48.6 Å². The van der Waals surface area contributed by atoms with E-state index in [0.29, 0.717) is 24.3 Å². The van der Waals surface area contributed by atoms with Gasteiger partial charge in [-0.25, -0.2) is 0 Å². The number of benzene rings is 1. The molecule has 5 rings (SSSR count). The van der Waals surface area contributed by atoms with Crippen LogP contribution in [0.1, 0.15) is 44.1 Å². The first-order valence-electron chi connectivity index (χ1n) is 11.2. The van der Waals surface area contributed by atoms with Gasteiger partial charge in [-0.2, -0.15) is 0 Å². The van der Waals surface area contributed by atoms with Crippen LogP contribution in [0.15, 0.2) is 53.0 Å². The van der Waals surface area contributed by atoms with E-state index in [4.69, 9.17) is 0 Å². The summed E-state index contributed by atoms with van der Waals surface area (Å²) >= 11 is 3.19. The van der Waals surface area contributed by atoms with Gasteiger partial charge in [0.1, 0.15) is 0 Å². The van der Waals surface area contributed by atoms with Crippen molar-refractivity contribution in [1.82, 2.24) is 19.7 Å². The van der Waals surface area contributed by atoms with Gasteiger partial charge in [-0.3, -0.25) is 9.36 Å². The number of hydrogen-bond acceptors (Lipinski definition) is 5. The number of likely N-dealkylation sites (tertiary alicyclic amines) is 1. The number of thioether (sulfide) groups is 1. The van der Waals surface area contributed by atoms with Crippen LogP contribution in [0.2, 0.25) is 0 Å². The normalized spacial score (nSPS) is 21.1. The van der Waals surface area contributed by atoms with Gasteiger partial charge in [-0.15, -0.1) is 21.5 Å². The summed E-state index contributed by atoms with van der Waals surface area (Å²) in [6.07, 6.45) is 7.48. The van der Waals surface area contributed by atoms with E-state index in [1.54, 1.807) is 11.3 Å². The number of nitrogens with zero attached hydrogens (tertiary/aromatic N) is 4. The van der Waals surface area contributed by atoms with Crippen LogP contribution in [-0.2, 0) is 11.3 Å². The van der Waals surface area contributed by atoms with Crippen molar-refractivity contribution >= 4 is 29.0 Å². The molecule has 2 unspecified atom stereocenters. The summed E-state index contributed by atoms with van der Waals surface area (Å²) in [6, 6.07) is 14.9. The highest BCUT2D eigenvalue weighted by molar-refractivity contribution is 7.99. The number of rotatable bonds is 6. The van der Waals surface area contributed by atoms with Gasteiger partial charge in [0.15, 0.2) is 11.0 Å². The SMILES string of the molecule is O=C(CSc1nnc(-c2cccs2)n1Cc1ccccc1)N1CCCC2CCCCC21. The third-order valence-electron chi connectivity index (χ3n) is 6.53. The van der Waals surface area contributed by atoms with Gasteiger partial charge in [0.2, 0.25) is 5.91 Å². The molecular weight excluding hydrogens is 424 g/mol. The molecule has 3 aromatic rings. The molecule has 162 valence electrons. The summed E-state index contributed by atoms with van der Waals surface area (Å²) in [5.41, 5.74) is 1.20. The Morgan fingerprint density at radius 2 is 1.87 bits per heavy atom. The summed E-state index contributed by atoms with van der Waals surface area (Å²) in [7, 11) is 0. The van der Waals surface area contributed by atoms with Crippen LogP contribution in [0.3, 0.4) is 0 Å². The lowest BCUT2D eigenvalue weighted by Gasteiger charge is -2.44. The quantitative estimate of drug-likeness (QED) is 0.475. The predicted molar refractivity (Wildman–Crippen MR) is 126 cm³/mol. The molecule has 0 spiro atoms. The second-order valence-corrected chi connectivity index (χ2v) is 10.4. The van der Waals surface area contributed by atoms with Crippen LogP contribution in [-0.4, -0.2) is 43.9 Å². The minimum atomic E-state index is 0.258. The van der Waals surface area contributed by atoms with Crippen LogP contribution in [0, 0.1) is 5.92 Å². The number of amides is 1. The van der Waals surface area contributed by atoms with Crippen molar-refractivity contribution < 1.29 is 4.79 Å². The summed E-state index contributed by atoms with van der Waals surface area (Å²) in [5.74, 6) is 2.27. The van der Waals surface area contributed by atoms with E-state index in [9.17, 15) is 4.79 Å². The second-order valence-electron chi connectivity index (χ2n) is 8.49. The van der Waals surface area contributed by atoms with Gasteiger partial charge >= 0.3 is 0 Å². The lowest BCUT2D eigenvalue weighted by Crippen LogP contribution is -2.50. The van der Waals surface area contributed by atoms with Crippen LogP contribution in [0.25, 0.3) is 10.7 Å².